The van der Waals surface area contributed by atoms with Gasteiger partial charge in [0.2, 0.25) is 0 Å². The standard InChI is InChI=1S/C11H11N3O2S/c1-14(5-8-6-17-7-13-8)10-4-12-3-2-9(10)11(15)16/h2-4,6-7H,5H2,1H3,(H,15,16). The Morgan fingerprint density at radius 1 is 1.59 bits per heavy atom. The molecule has 0 aliphatic rings. The van der Waals surface area contributed by atoms with E-state index in [9.17, 15) is 4.79 Å². The molecule has 0 saturated carbocycles. The van der Waals surface area contributed by atoms with Crippen LogP contribution in [0.3, 0.4) is 0 Å². The van der Waals surface area contributed by atoms with E-state index in [4.69, 9.17) is 5.11 Å². The molecule has 0 unspecified atom stereocenters. The van der Waals surface area contributed by atoms with Gasteiger partial charge in [0, 0.05) is 18.6 Å². The number of aromatic nitrogens is 2. The van der Waals surface area contributed by atoms with Crippen LogP contribution in [0.5, 0.6) is 0 Å². The molecular formula is C11H11N3O2S. The summed E-state index contributed by atoms with van der Waals surface area (Å²) in [5.41, 5.74) is 3.51. The summed E-state index contributed by atoms with van der Waals surface area (Å²) in [7, 11) is 1.82. The summed E-state index contributed by atoms with van der Waals surface area (Å²) in [4.78, 5) is 21.0. The summed E-state index contributed by atoms with van der Waals surface area (Å²) in [5, 5.41) is 11.0. The zero-order valence-electron chi connectivity index (χ0n) is 9.20. The lowest BCUT2D eigenvalue weighted by atomic mass is 10.2. The zero-order chi connectivity index (χ0) is 12.3. The minimum Gasteiger partial charge on any atom is -0.478 e. The van der Waals surface area contributed by atoms with E-state index in [2.05, 4.69) is 9.97 Å². The van der Waals surface area contributed by atoms with Gasteiger partial charge in [-0.1, -0.05) is 0 Å². The third kappa shape index (κ3) is 2.59. The van der Waals surface area contributed by atoms with Crippen LogP contribution in [0.25, 0.3) is 0 Å². The summed E-state index contributed by atoms with van der Waals surface area (Å²) in [6.45, 7) is 0.565. The molecular weight excluding hydrogens is 238 g/mol. The highest BCUT2D eigenvalue weighted by atomic mass is 32.1. The number of carbonyl (C=O) groups is 1. The fourth-order valence-corrected chi connectivity index (χ4v) is 2.06. The van der Waals surface area contributed by atoms with Crippen molar-refractivity contribution < 1.29 is 9.90 Å². The van der Waals surface area contributed by atoms with Gasteiger partial charge in [-0.25, -0.2) is 9.78 Å². The number of thiazole rings is 1. The Balaban J connectivity index is 2.24. The maximum atomic E-state index is 11.1. The van der Waals surface area contributed by atoms with Crippen molar-refractivity contribution in [2.75, 3.05) is 11.9 Å². The van der Waals surface area contributed by atoms with Crippen LogP contribution in [0.1, 0.15) is 16.1 Å². The molecule has 0 aromatic carbocycles. The van der Waals surface area contributed by atoms with E-state index in [1.807, 2.05) is 17.3 Å². The minimum absolute atomic E-state index is 0.248. The van der Waals surface area contributed by atoms with E-state index in [1.54, 1.807) is 11.7 Å². The summed E-state index contributed by atoms with van der Waals surface area (Å²) in [6, 6.07) is 1.50. The molecule has 2 heterocycles. The molecule has 0 fully saturated rings. The largest absolute Gasteiger partial charge is 0.478 e. The highest BCUT2D eigenvalue weighted by Gasteiger charge is 2.13. The van der Waals surface area contributed by atoms with Gasteiger partial charge in [0.15, 0.2) is 0 Å². The molecule has 6 heteroatoms. The summed E-state index contributed by atoms with van der Waals surface area (Å²) >= 11 is 1.52. The smallest absolute Gasteiger partial charge is 0.337 e. The maximum absolute atomic E-state index is 11.1. The number of hydrogen-bond donors (Lipinski definition) is 1. The normalized spacial score (nSPS) is 10.2. The molecule has 17 heavy (non-hydrogen) atoms. The fraction of sp³-hybridized carbons (Fsp3) is 0.182. The summed E-state index contributed by atoms with van der Waals surface area (Å²) < 4.78 is 0. The lowest BCUT2D eigenvalue weighted by Gasteiger charge is -2.19. The maximum Gasteiger partial charge on any atom is 0.337 e. The first-order valence-electron chi connectivity index (χ1n) is 4.94. The van der Waals surface area contributed by atoms with Crippen molar-refractivity contribution in [3.05, 3.63) is 40.6 Å². The van der Waals surface area contributed by atoms with Gasteiger partial charge in [0.25, 0.3) is 0 Å². The summed E-state index contributed by atoms with van der Waals surface area (Å²) in [5.74, 6) is -0.951. The molecule has 0 atom stereocenters. The van der Waals surface area contributed by atoms with Gasteiger partial charge in [0.1, 0.15) is 0 Å². The average Bonchev–Trinajstić information content (AvgIpc) is 2.81. The first-order valence-corrected chi connectivity index (χ1v) is 5.88. The van der Waals surface area contributed by atoms with E-state index in [-0.39, 0.29) is 5.56 Å². The van der Waals surface area contributed by atoms with Crippen molar-refractivity contribution in [1.82, 2.24) is 9.97 Å². The lowest BCUT2D eigenvalue weighted by molar-refractivity contribution is 0.0697. The Labute approximate surface area is 102 Å². The lowest BCUT2D eigenvalue weighted by Crippen LogP contribution is -2.19. The molecule has 2 rings (SSSR count). The Hall–Kier alpha value is -1.95. The molecule has 2 aromatic rings. The quantitative estimate of drug-likeness (QED) is 0.896. The second-order valence-electron chi connectivity index (χ2n) is 3.53. The van der Waals surface area contributed by atoms with Crippen molar-refractivity contribution in [2.24, 2.45) is 0 Å². The highest BCUT2D eigenvalue weighted by Crippen LogP contribution is 2.19. The number of nitrogens with zero attached hydrogens (tertiary/aromatic N) is 3. The molecule has 5 nitrogen and oxygen atoms in total. The van der Waals surface area contributed by atoms with E-state index in [1.165, 1.54) is 23.6 Å². The van der Waals surface area contributed by atoms with Gasteiger partial charge in [-0.3, -0.25) is 4.98 Å². The molecule has 0 radical (unpaired) electrons. The van der Waals surface area contributed by atoms with E-state index < -0.39 is 5.97 Å². The molecule has 2 aromatic heterocycles. The van der Waals surface area contributed by atoms with Gasteiger partial charge in [-0.05, 0) is 6.07 Å². The second-order valence-corrected chi connectivity index (χ2v) is 4.25. The van der Waals surface area contributed by atoms with Crippen LogP contribution in [0.2, 0.25) is 0 Å². The molecule has 0 bridgehead atoms. The number of pyridine rings is 1. The van der Waals surface area contributed by atoms with Crippen molar-refractivity contribution in [1.29, 1.82) is 0 Å². The number of carboxylic acid groups (broad SMARTS) is 1. The SMILES string of the molecule is CN(Cc1cscn1)c1cnccc1C(=O)O. The second kappa shape index (κ2) is 4.92. The van der Waals surface area contributed by atoms with Crippen LogP contribution in [0.4, 0.5) is 5.69 Å². The minimum atomic E-state index is -0.951. The Morgan fingerprint density at radius 3 is 3.06 bits per heavy atom. The monoisotopic (exact) mass is 249 g/mol. The zero-order valence-corrected chi connectivity index (χ0v) is 10.0. The van der Waals surface area contributed by atoms with Crippen LogP contribution in [-0.2, 0) is 6.54 Å². The number of carboxylic acids is 1. The van der Waals surface area contributed by atoms with Crippen molar-refractivity contribution >= 4 is 23.0 Å². The number of rotatable bonds is 4. The summed E-state index contributed by atoms with van der Waals surface area (Å²) in [6.07, 6.45) is 3.03. The molecule has 0 amide bonds. The van der Waals surface area contributed by atoms with Gasteiger partial charge in [-0.2, -0.15) is 0 Å². The molecule has 0 spiro atoms. The number of anilines is 1. The molecule has 0 aliphatic carbocycles. The highest BCUT2D eigenvalue weighted by molar-refractivity contribution is 7.07. The molecule has 1 N–H and O–H groups in total. The van der Waals surface area contributed by atoms with Crippen LogP contribution in [0, 0.1) is 0 Å². The Kier molecular flexibility index (Phi) is 3.34. The Bertz CT molecular complexity index is 513. The van der Waals surface area contributed by atoms with Gasteiger partial charge in [-0.15, -0.1) is 11.3 Å². The topological polar surface area (TPSA) is 66.3 Å². The molecule has 0 saturated heterocycles. The van der Waals surface area contributed by atoms with Crippen molar-refractivity contribution in [2.45, 2.75) is 6.54 Å². The van der Waals surface area contributed by atoms with Crippen LogP contribution in [-0.4, -0.2) is 28.1 Å². The third-order valence-corrected chi connectivity index (χ3v) is 2.96. The van der Waals surface area contributed by atoms with E-state index in [0.717, 1.165) is 5.69 Å². The van der Waals surface area contributed by atoms with Gasteiger partial charge in [0.05, 0.1) is 35.2 Å². The first kappa shape index (κ1) is 11.5. The van der Waals surface area contributed by atoms with Gasteiger partial charge >= 0.3 is 5.97 Å². The van der Waals surface area contributed by atoms with Crippen LogP contribution < -0.4 is 4.90 Å². The molecule has 88 valence electrons. The van der Waals surface area contributed by atoms with Crippen molar-refractivity contribution in [3.8, 4) is 0 Å². The average molecular weight is 249 g/mol. The molecule has 0 aliphatic heterocycles. The Morgan fingerprint density at radius 2 is 2.41 bits per heavy atom. The van der Waals surface area contributed by atoms with E-state index in [0.29, 0.717) is 12.2 Å². The van der Waals surface area contributed by atoms with Crippen LogP contribution >= 0.6 is 11.3 Å². The fourth-order valence-electron chi connectivity index (χ4n) is 1.51. The van der Waals surface area contributed by atoms with Crippen molar-refractivity contribution in [3.63, 3.8) is 0 Å². The van der Waals surface area contributed by atoms with E-state index >= 15 is 0 Å². The third-order valence-electron chi connectivity index (χ3n) is 2.32. The number of hydrogen-bond acceptors (Lipinski definition) is 5. The van der Waals surface area contributed by atoms with Crippen LogP contribution in [0.15, 0.2) is 29.4 Å². The number of aromatic carboxylic acids is 1. The predicted molar refractivity (Wildman–Crippen MR) is 65.4 cm³/mol. The van der Waals surface area contributed by atoms with Gasteiger partial charge < -0.3 is 10.0 Å². The first-order chi connectivity index (χ1) is 8.18. The predicted octanol–water partition coefficient (Wildman–Crippen LogP) is 1.87.